The molecule has 1 aromatic carbocycles. The van der Waals surface area contributed by atoms with Crippen LogP contribution in [0, 0.1) is 0 Å². The van der Waals surface area contributed by atoms with Gasteiger partial charge in [0.1, 0.15) is 23.1 Å². The Morgan fingerprint density at radius 2 is 2.05 bits per heavy atom. The molecule has 0 amide bonds. The Kier molecular flexibility index (Phi) is 5.51. The molecule has 5 nitrogen and oxygen atoms in total. The van der Waals surface area contributed by atoms with Crippen molar-refractivity contribution in [1.82, 2.24) is 0 Å². The summed E-state index contributed by atoms with van der Waals surface area (Å²) < 4.78 is 34.6. The van der Waals surface area contributed by atoms with Gasteiger partial charge in [-0.3, -0.25) is 0 Å². The molecule has 1 heterocycles. The van der Waals surface area contributed by atoms with Gasteiger partial charge in [0.2, 0.25) is 0 Å². The lowest BCUT2D eigenvalue weighted by Gasteiger charge is -2.21. The van der Waals surface area contributed by atoms with Crippen molar-refractivity contribution in [1.29, 1.82) is 0 Å². The predicted octanol–water partition coefficient (Wildman–Crippen LogP) is 2.47. The van der Waals surface area contributed by atoms with Gasteiger partial charge in [0.25, 0.3) is 0 Å². The number of aliphatic hydroxyl groups is 1. The summed E-state index contributed by atoms with van der Waals surface area (Å²) in [5.41, 5.74) is 0.694. The minimum absolute atomic E-state index is 0.103. The standard InChI is InChI=1S/C14H19BrO5S/c1-2-21(17,18)7-3-4-12(16)10-8-11(15)14-13(9-10)19-5-6-20-14/h8-9,12,16H,2-7H2,1H3. The van der Waals surface area contributed by atoms with Crippen molar-refractivity contribution in [2.45, 2.75) is 25.9 Å². The maximum Gasteiger partial charge on any atom is 0.175 e. The van der Waals surface area contributed by atoms with Crippen LogP contribution in [0.15, 0.2) is 16.6 Å². The fourth-order valence-electron chi connectivity index (χ4n) is 2.13. The number of fused-ring (bicyclic) bond motifs is 1. The largest absolute Gasteiger partial charge is 0.486 e. The highest BCUT2D eigenvalue weighted by Crippen LogP contribution is 2.40. The Hall–Kier alpha value is -0.790. The van der Waals surface area contributed by atoms with E-state index in [-0.39, 0.29) is 11.5 Å². The van der Waals surface area contributed by atoms with Gasteiger partial charge < -0.3 is 14.6 Å². The Morgan fingerprint density at radius 1 is 1.33 bits per heavy atom. The van der Waals surface area contributed by atoms with Crippen molar-refractivity contribution in [2.24, 2.45) is 0 Å². The highest BCUT2D eigenvalue weighted by Gasteiger charge is 2.19. The maximum atomic E-state index is 11.4. The summed E-state index contributed by atoms with van der Waals surface area (Å²) in [7, 11) is -2.98. The number of ether oxygens (including phenoxy) is 2. The van der Waals surface area contributed by atoms with Gasteiger partial charge in [0.15, 0.2) is 11.5 Å². The number of sulfone groups is 1. The van der Waals surface area contributed by atoms with Crippen molar-refractivity contribution in [3.8, 4) is 11.5 Å². The van der Waals surface area contributed by atoms with Crippen molar-refractivity contribution >= 4 is 25.8 Å². The van der Waals surface area contributed by atoms with Crippen LogP contribution in [0.2, 0.25) is 0 Å². The quantitative estimate of drug-likeness (QED) is 0.822. The van der Waals surface area contributed by atoms with Gasteiger partial charge in [-0.05, 0) is 46.5 Å². The molecule has 0 saturated heterocycles. The second kappa shape index (κ2) is 6.98. The molecule has 0 spiro atoms. The van der Waals surface area contributed by atoms with E-state index < -0.39 is 15.9 Å². The summed E-state index contributed by atoms with van der Waals surface area (Å²) in [6.45, 7) is 2.61. The molecule has 21 heavy (non-hydrogen) atoms. The monoisotopic (exact) mass is 378 g/mol. The van der Waals surface area contributed by atoms with Crippen LogP contribution in [0.3, 0.4) is 0 Å². The Bertz CT molecular complexity index is 600. The topological polar surface area (TPSA) is 72.8 Å². The van der Waals surface area contributed by atoms with Crippen LogP contribution in [0.1, 0.15) is 31.4 Å². The SMILES string of the molecule is CCS(=O)(=O)CCCC(O)c1cc(Br)c2c(c1)OCCO2. The molecular weight excluding hydrogens is 360 g/mol. The second-order valence-electron chi connectivity index (χ2n) is 4.92. The van der Waals surface area contributed by atoms with E-state index in [1.807, 2.05) is 0 Å². The molecule has 1 unspecified atom stereocenters. The summed E-state index contributed by atoms with van der Waals surface area (Å²) in [6, 6.07) is 3.53. The molecule has 0 aliphatic carbocycles. The molecule has 7 heteroatoms. The van der Waals surface area contributed by atoms with E-state index in [1.54, 1.807) is 19.1 Å². The molecule has 0 radical (unpaired) electrons. The molecule has 1 aliphatic heterocycles. The number of aliphatic hydroxyl groups excluding tert-OH is 1. The van der Waals surface area contributed by atoms with E-state index in [9.17, 15) is 13.5 Å². The van der Waals surface area contributed by atoms with E-state index in [4.69, 9.17) is 9.47 Å². The van der Waals surface area contributed by atoms with Crippen LogP contribution in [0.5, 0.6) is 11.5 Å². The summed E-state index contributed by atoms with van der Waals surface area (Å²) >= 11 is 3.40. The first-order valence-corrected chi connectivity index (χ1v) is 9.52. The van der Waals surface area contributed by atoms with Crippen molar-refractivity contribution in [3.63, 3.8) is 0 Å². The van der Waals surface area contributed by atoms with E-state index >= 15 is 0 Å². The lowest BCUT2D eigenvalue weighted by molar-refractivity contribution is 0.158. The fourth-order valence-corrected chi connectivity index (χ4v) is 3.60. The van der Waals surface area contributed by atoms with Crippen LogP contribution >= 0.6 is 15.9 Å². The minimum atomic E-state index is -2.98. The van der Waals surface area contributed by atoms with Gasteiger partial charge in [-0.1, -0.05) is 6.92 Å². The van der Waals surface area contributed by atoms with E-state index in [0.29, 0.717) is 43.1 Å². The van der Waals surface area contributed by atoms with E-state index in [0.717, 1.165) is 4.47 Å². The van der Waals surface area contributed by atoms with Crippen LogP contribution in [0.4, 0.5) is 0 Å². The van der Waals surface area contributed by atoms with Gasteiger partial charge in [-0.2, -0.15) is 0 Å². The first-order valence-electron chi connectivity index (χ1n) is 6.90. The van der Waals surface area contributed by atoms with E-state index in [1.165, 1.54) is 0 Å². The van der Waals surface area contributed by atoms with Gasteiger partial charge >= 0.3 is 0 Å². The highest BCUT2D eigenvalue weighted by molar-refractivity contribution is 9.10. The van der Waals surface area contributed by atoms with Crippen LogP contribution in [-0.2, 0) is 9.84 Å². The second-order valence-corrected chi connectivity index (χ2v) is 8.25. The summed E-state index contributed by atoms with van der Waals surface area (Å²) in [5.74, 6) is 1.49. The molecule has 118 valence electrons. The Labute approximate surface area is 133 Å². The normalized spacial score (nSPS) is 15.8. The molecule has 2 rings (SSSR count). The third-order valence-electron chi connectivity index (χ3n) is 3.38. The molecule has 0 aromatic heterocycles. The molecule has 1 atom stereocenters. The average Bonchev–Trinajstić information content (AvgIpc) is 2.47. The fraction of sp³-hybridized carbons (Fsp3) is 0.571. The number of benzene rings is 1. The first-order chi connectivity index (χ1) is 9.93. The van der Waals surface area contributed by atoms with Crippen LogP contribution < -0.4 is 9.47 Å². The zero-order chi connectivity index (χ0) is 15.5. The lowest BCUT2D eigenvalue weighted by Crippen LogP contribution is -2.16. The van der Waals surface area contributed by atoms with Crippen molar-refractivity contribution in [3.05, 3.63) is 22.2 Å². The zero-order valence-electron chi connectivity index (χ0n) is 11.8. The van der Waals surface area contributed by atoms with Crippen molar-refractivity contribution in [2.75, 3.05) is 24.7 Å². The third-order valence-corrected chi connectivity index (χ3v) is 5.76. The smallest absolute Gasteiger partial charge is 0.175 e. The number of hydrogen-bond donors (Lipinski definition) is 1. The molecule has 0 bridgehead atoms. The maximum absolute atomic E-state index is 11.4. The average molecular weight is 379 g/mol. The molecule has 1 N–H and O–H groups in total. The highest BCUT2D eigenvalue weighted by atomic mass is 79.9. The summed E-state index contributed by atoms with van der Waals surface area (Å²) in [6.07, 6.45) is 0.110. The van der Waals surface area contributed by atoms with Crippen LogP contribution in [0.25, 0.3) is 0 Å². The zero-order valence-corrected chi connectivity index (χ0v) is 14.2. The third kappa shape index (κ3) is 4.34. The van der Waals surface area contributed by atoms with Crippen LogP contribution in [-0.4, -0.2) is 38.2 Å². The van der Waals surface area contributed by atoms with Gasteiger partial charge in [-0.15, -0.1) is 0 Å². The first kappa shape index (κ1) is 16.6. The Morgan fingerprint density at radius 3 is 2.76 bits per heavy atom. The molecule has 0 fully saturated rings. The van der Waals surface area contributed by atoms with Crippen molar-refractivity contribution < 1.29 is 23.0 Å². The number of hydrogen-bond acceptors (Lipinski definition) is 5. The summed E-state index contributed by atoms with van der Waals surface area (Å²) in [4.78, 5) is 0. The van der Waals surface area contributed by atoms with Gasteiger partial charge in [0.05, 0.1) is 16.3 Å². The lowest BCUT2D eigenvalue weighted by atomic mass is 10.0. The molecule has 1 aromatic rings. The summed E-state index contributed by atoms with van der Waals surface area (Å²) in [5, 5.41) is 10.2. The number of halogens is 1. The predicted molar refractivity (Wildman–Crippen MR) is 83.7 cm³/mol. The molecule has 1 aliphatic rings. The Balaban J connectivity index is 2.03. The van der Waals surface area contributed by atoms with Gasteiger partial charge in [-0.25, -0.2) is 8.42 Å². The van der Waals surface area contributed by atoms with E-state index in [2.05, 4.69) is 15.9 Å². The number of rotatable bonds is 6. The minimum Gasteiger partial charge on any atom is -0.486 e. The molecule has 0 saturated carbocycles. The van der Waals surface area contributed by atoms with Gasteiger partial charge in [0, 0.05) is 5.75 Å². The molecular formula is C14H19BrO5S.